The first-order valence-corrected chi connectivity index (χ1v) is 16.1. The minimum atomic E-state index is -3.51. The van der Waals surface area contributed by atoms with Crippen LogP contribution in [0.5, 0.6) is 0 Å². The first kappa shape index (κ1) is 30.6. The first-order valence-electron chi connectivity index (χ1n) is 13.3. The molecule has 1 amide bonds. The summed E-state index contributed by atoms with van der Waals surface area (Å²) >= 11 is 1.31. The number of amides is 1. The molecule has 2 heterocycles. The summed E-state index contributed by atoms with van der Waals surface area (Å²) < 4.78 is 35.9. The van der Waals surface area contributed by atoms with E-state index in [1.165, 1.54) is 29.8 Å². The molecule has 4 rings (SSSR count). The van der Waals surface area contributed by atoms with E-state index in [0.29, 0.717) is 18.0 Å². The number of ether oxygens (including phenoxy) is 2. The Balaban J connectivity index is 1.40. The molecule has 1 aliphatic rings. The number of anilines is 1. The molecule has 0 radical (unpaired) electrons. The highest BCUT2D eigenvalue weighted by Gasteiger charge is 2.61. The van der Waals surface area contributed by atoms with Crippen molar-refractivity contribution >= 4 is 44.2 Å². The third kappa shape index (κ3) is 8.11. The van der Waals surface area contributed by atoms with Gasteiger partial charge < -0.3 is 14.8 Å². The molecular weight excluding hydrogens is 566 g/mol. The fourth-order valence-electron chi connectivity index (χ4n) is 4.46. The number of thiazole rings is 1. The average Bonchev–Trinajstić information content (AvgIpc) is 3.22. The van der Waals surface area contributed by atoms with E-state index < -0.39 is 27.1 Å². The summed E-state index contributed by atoms with van der Waals surface area (Å²) in [5.41, 5.74) is 0.431. The van der Waals surface area contributed by atoms with E-state index in [9.17, 15) is 22.8 Å². The van der Waals surface area contributed by atoms with E-state index in [-0.39, 0.29) is 49.1 Å². The highest BCUT2D eigenvalue weighted by Crippen LogP contribution is 2.53. The van der Waals surface area contributed by atoms with Crippen LogP contribution in [-0.4, -0.2) is 59.6 Å². The highest BCUT2D eigenvalue weighted by molar-refractivity contribution is 7.89. The Kier molecular flexibility index (Phi) is 9.15. The molecule has 1 fully saturated rings. The number of Topliss-reactive ketones (excluding diaryl/α,β-unsaturated/α-hetero) is 1. The molecule has 2 unspecified atom stereocenters. The number of carbonyl (C=O) groups excluding carboxylic acids is 3. The average molecular weight is 602 g/mol. The summed E-state index contributed by atoms with van der Waals surface area (Å²) in [4.78, 5) is 43.0. The van der Waals surface area contributed by atoms with Crippen molar-refractivity contribution in [2.24, 2.45) is 5.41 Å². The van der Waals surface area contributed by atoms with Gasteiger partial charge in [0.25, 0.3) is 0 Å². The van der Waals surface area contributed by atoms with Crippen LogP contribution in [-0.2, 0) is 29.1 Å². The number of ketones is 1. The third-order valence-electron chi connectivity index (χ3n) is 6.69. The summed E-state index contributed by atoms with van der Waals surface area (Å²) in [6, 6.07) is 11.1. The third-order valence-corrected chi connectivity index (χ3v) is 8.44. The quantitative estimate of drug-likeness (QED) is 0.166. The Morgan fingerprint density at radius 2 is 1.88 bits per heavy atom. The number of nitrogens with zero attached hydrogens (tertiary/aromatic N) is 2. The lowest BCUT2D eigenvalue weighted by molar-refractivity contribution is -0.155. The van der Waals surface area contributed by atoms with Crippen LogP contribution >= 0.6 is 11.3 Å². The standard InChI is InChI=1S/C29H35N3O7S2/c1-28(2,3)39-25(34)11-8-16-38-24-17-29(24,14-12-23(33)21-13-15-32(18-21)41(4,36)37)26(35)31-27-30-22(19-40-27)20-9-6-5-7-10-20/h5-7,9-10,13,15,18-19,24H,8,11-12,14,16-17H2,1-4H3,(H,30,31,35). The fraction of sp³-hybridized carbons (Fsp3) is 0.448. The van der Waals surface area contributed by atoms with Crippen molar-refractivity contribution in [3.63, 3.8) is 0 Å². The van der Waals surface area contributed by atoms with Gasteiger partial charge in [0.2, 0.25) is 15.9 Å². The number of rotatable bonds is 13. The zero-order valence-electron chi connectivity index (χ0n) is 23.6. The first-order chi connectivity index (χ1) is 19.3. The van der Waals surface area contributed by atoms with Gasteiger partial charge in [-0.15, -0.1) is 11.3 Å². The van der Waals surface area contributed by atoms with Gasteiger partial charge in [-0.05, 0) is 46.1 Å². The van der Waals surface area contributed by atoms with Crippen LogP contribution < -0.4 is 5.32 Å². The topological polar surface area (TPSA) is 134 Å². The molecule has 10 nitrogen and oxygen atoms in total. The monoisotopic (exact) mass is 601 g/mol. The van der Waals surface area contributed by atoms with Crippen LogP contribution in [0.2, 0.25) is 0 Å². The molecule has 0 aliphatic heterocycles. The second kappa shape index (κ2) is 12.3. The summed E-state index contributed by atoms with van der Waals surface area (Å²) in [5.74, 6) is -0.869. The van der Waals surface area contributed by atoms with Crippen molar-refractivity contribution in [3.05, 3.63) is 59.7 Å². The summed E-state index contributed by atoms with van der Waals surface area (Å²) in [5, 5.41) is 5.22. The van der Waals surface area contributed by atoms with E-state index in [1.807, 2.05) is 35.7 Å². The van der Waals surface area contributed by atoms with E-state index in [4.69, 9.17) is 9.47 Å². The lowest BCUT2D eigenvalue weighted by Gasteiger charge is -2.19. The number of carbonyl (C=O) groups is 3. The second-order valence-corrected chi connectivity index (χ2v) is 13.9. The smallest absolute Gasteiger partial charge is 0.306 e. The number of hydrogen-bond donors (Lipinski definition) is 1. The molecule has 41 heavy (non-hydrogen) atoms. The molecule has 220 valence electrons. The predicted octanol–water partition coefficient (Wildman–Crippen LogP) is 4.92. The maximum Gasteiger partial charge on any atom is 0.306 e. The highest BCUT2D eigenvalue weighted by atomic mass is 32.2. The zero-order valence-corrected chi connectivity index (χ0v) is 25.2. The molecule has 0 bridgehead atoms. The van der Waals surface area contributed by atoms with Gasteiger partial charge in [-0.2, -0.15) is 0 Å². The summed E-state index contributed by atoms with van der Waals surface area (Å²) in [6.45, 7) is 5.68. The second-order valence-electron chi connectivity index (χ2n) is 11.2. The molecule has 2 aromatic heterocycles. The van der Waals surface area contributed by atoms with Crippen molar-refractivity contribution in [1.82, 2.24) is 8.96 Å². The van der Waals surface area contributed by atoms with Crippen LogP contribution in [0.3, 0.4) is 0 Å². The van der Waals surface area contributed by atoms with Gasteiger partial charge in [-0.25, -0.2) is 13.4 Å². The molecule has 2 atom stereocenters. The number of aromatic nitrogens is 2. The van der Waals surface area contributed by atoms with Gasteiger partial charge in [0.05, 0.1) is 23.5 Å². The minimum absolute atomic E-state index is 0.0338. The molecule has 1 aliphatic carbocycles. The van der Waals surface area contributed by atoms with Gasteiger partial charge in [-0.1, -0.05) is 30.3 Å². The molecule has 3 aromatic rings. The van der Waals surface area contributed by atoms with E-state index >= 15 is 0 Å². The van der Waals surface area contributed by atoms with E-state index in [2.05, 4.69) is 10.3 Å². The van der Waals surface area contributed by atoms with Gasteiger partial charge in [0.15, 0.2) is 10.9 Å². The molecular formula is C29H35N3O7S2. The Labute approximate surface area is 244 Å². The zero-order chi connectivity index (χ0) is 29.8. The van der Waals surface area contributed by atoms with Gasteiger partial charge in [-0.3, -0.25) is 18.4 Å². The Bertz CT molecular complexity index is 1510. The Morgan fingerprint density at radius 1 is 1.15 bits per heavy atom. The fourth-order valence-corrected chi connectivity index (χ4v) is 5.77. The van der Waals surface area contributed by atoms with E-state index in [1.54, 1.807) is 20.8 Å². The lowest BCUT2D eigenvalue weighted by Crippen LogP contribution is -2.29. The molecule has 1 N–H and O–H groups in total. The van der Waals surface area contributed by atoms with Crippen molar-refractivity contribution in [3.8, 4) is 11.3 Å². The summed E-state index contributed by atoms with van der Waals surface area (Å²) in [6.07, 6.45) is 4.53. The molecule has 0 saturated heterocycles. The van der Waals surface area contributed by atoms with Crippen LogP contribution in [0.4, 0.5) is 5.13 Å². The van der Waals surface area contributed by atoms with Gasteiger partial charge in [0, 0.05) is 48.3 Å². The number of nitrogens with one attached hydrogen (secondary N) is 1. The molecule has 1 saturated carbocycles. The number of benzene rings is 1. The van der Waals surface area contributed by atoms with Crippen molar-refractivity contribution in [2.45, 2.75) is 64.6 Å². The van der Waals surface area contributed by atoms with Crippen LogP contribution in [0.1, 0.15) is 63.2 Å². The molecule has 12 heteroatoms. The minimum Gasteiger partial charge on any atom is -0.460 e. The summed E-state index contributed by atoms with van der Waals surface area (Å²) in [7, 11) is -3.51. The maximum absolute atomic E-state index is 13.5. The van der Waals surface area contributed by atoms with Gasteiger partial charge >= 0.3 is 5.97 Å². The molecule has 0 spiro atoms. The Hall–Kier alpha value is -3.35. The normalized spacial score (nSPS) is 18.6. The predicted molar refractivity (Wildman–Crippen MR) is 156 cm³/mol. The number of esters is 1. The van der Waals surface area contributed by atoms with Crippen molar-refractivity contribution in [2.75, 3.05) is 18.2 Å². The number of hydrogen-bond acceptors (Lipinski definition) is 9. The van der Waals surface area contributed by atoms with Crippen molar-refractivity contribution < 1.29 is 32.3 Å². The van der Waals surface area contributed by atoms with E-state index in [0.717, 1.165) is 21.5 Å². The molecule has 1 aromatic carbocycles. The van der Waals surface area contributed by atoms with Gasteiger partial charge in [0.1, 0.15) is 5.60 Å². The largest absolute Gasteiger partial charge is 0.460 e. The lowest BCUT2D eigenvalue weighted by atomic mass is 9.95. The SMILES string of the molecule is CC(C)(C)OC(=O)CCCOC1CC1(CCC(=O)c1ccn(S(C)(=O)=O)c1)C(=O)Nc1nc(-c2ccccc2)cs1. The Morgan fingerprint density at radius 3 is 2.54 bits per heavy atom. The van der Waals surface area contributed by atoms with Crippen LogP contribution in [0.15, 0.2) is 54.2 Å². The van der Waals surface area contributed by atoms with Crippen LogP contribution in [0.25, 0.3) is 11.3 Å². The van der Waals surface area contributed by atoms with Crippen LogP contribution in [0, 0.1) is 5.41 Å². The maximum atomic E-state index is 13.5. The van der Waals surface area contributed by atoms with Crippen molar-refractivity contribution in [1.29, 1.82) is 0 Å².